The van der Waals surface area contributed by atoms with Gasteiger partial charge in [-0.05, 0) is 45.8 Å². The van der Waals surface area contributed by atoms with Gasteiger partial charge in [0.25, 0.3) is 0 Å². The second kappa shape index (κ2) is 8.99. The van der Waals surface area contributed by atoms with Crippen LogP contribution in [0, 0.1) is 0 Å². The summed E-state index contributed by atoms with van der Waals surface area (Å²) >= 11 is 3.28. The number of pyridine rings is 1. The van der Waals surface area contributed by atoms with Crippen LogP contribution in [-0.2, 0) is 26.0 Å². The molecule has 28 heavy (non-hydrogen) atoms. The summed E-state index contributed by atoms with van der Waals surface area (Å²) in [5.41, 5.74) is 0.558. The van der Waals surface area contributed by atoms with E-state index in [1.165, 1.54) is 17.5 Å². The van der Waals surface area contributed by atoms with Crippen molar-refractivity contribution < 1.29 is 22.7 Å². The molecule has 1 N–H and O–H groups in total. The number of sulfonamides is 1. The Labute approximate surface area is 172 Å². The Kier molecular flexibility index (Phi) is 6.65. The van der Waals surface area contributed by atoms with E-state index in [1.54, 1.807) is 30.5 Å². The van der Waals surface area contributed by atoms with Crippen LogP contribution < -0.4 is 10.1 Å². The maximum atomic E-state index is 13.0. The van der Waals surface area contributed by atoms with Crippen molar-refractivity contribution in [1.82, 2.24) is 9.29 Å². The maximum absolute atomic E-state index is 13.0. The monoisotopic (exact) mass is 469 g/mol. The second-order valence-electron chi connectivity index (χ2n) is 6.09. The number of carbonyl (C=O) groups is 1. The molecule has 150 valence electrons. The Morgan fingerprint density at radius 2 is 2.04 bits per heavy atom. The zero-order chi connectivity index (χ0) is 20.1. The summed E-state index contributed by atoms with van der Waals surface area (Å²) in [5.74, 6) is 0.364. The number of carbonyl (C=O) groups excluding carboxylic acids is 1. The van der Waals surface area contributed by atoms with E-state index < -0.39 is 10.0 Å². The summed E-state index contributed by atoms with van der Waals surface area (Å²) in [6.45, 7) is 1.27. The lowest BCUT2D eigenvalue weighted by molar-refractivity contribution is -0.115. The molecule has 0 radical (unpaired) electrons. The van der Waals surface area contributed by atoms with E-state index in [9.17, 15) is 13.2 Å². The Bertz CT molecular complexity index is 944. The van der Waals surface area contributed by atoms with Crippen LogP contribution in [0.15, 0.2) is 45.9 Å². The molecule has 1 aromatic carbocycles. The number of hydrogen-bond acceptors (Lipinski definition) is 6. The van der Waals surface area contributed by atoms with Crippen molar-refractivity contribution in [1.29, 1.82) is 0 Å². The molecular weight excluding hydrogens is 450 g/mol. The quantitative estimate of drug-likeness (QED) is 0.694. The number of benzene rings is 1. The van der Waals surface area contributed by atoms with E-state index in [0.717, 1.165) is 4.47 Å². The minimum atomic E-state index is -3.75. The van der Waals surface area contributed by atoms with Gasteiger partial charge in [-0.3, -0.25) is 4.79 Å². The third-order valence-electron chi connectivity index (χ3n) is 4.18. The normalized spacial score (nSPS) is 15.2. The van der Waals surface area contributed by atoms with Crippen LogP contribution in [-0.4, -0.2) is 57.0 Å². The van der Waals surface area contributed by atoms with E-state index in [2.05, 4.69) is 26.2 Å². The molecule has 3 rings (SSSR count). The summed E-state index contributed by atoms with van der Waals surface area (Å²) < 4.78 is 38.6. The first-order chi connectivity index (χ1) is 13.4. The number of hydrogen-bond donors (Lipinski definition) is 1. The lowest BCUT2D eigenvalue weighted by atomic mass is 10.1. The highest BCUT2D eigenvalue weighted by molar-refractivity contribution is 9.10. The fraction of sp³-hybridized carbons (Fsp3) is 0.333. The molecule has 0 aliphatic carbocycles. The van der Waals surface area contributed by atoms with Crippen molar-refractivity contribution >= 4 is 37.7 Å². The SMILES string of the molecule is COc1ccc(CC(=O)Nc2ccc(Br)cn2)cc1S(=O)(=O)N1CCOCC1. The van der Waals surface area contributed by atoms with E-state index in [4.69, 9.17) is 9.47 Å². The number of methoxy groups -OCH3 is 1. The summed E-state index contributed by atoms with van der Waals surface area (Å²) in [6.07, 6.45) is 1.59. The Balaban J connectivity index is 1.80. The molecule has 1 aliphatic heterocycles. The molecule has 0 saturated carbocycles. The smallest absolute Gasteiger partial charge is 0.246 e. The van der Waals surface area contributed by atoms with Gasteiger partial charge in [-0.25, -0.2) is 13.4 Å². The number of morpholine rings is 1. The standard InChI is InChI=1S/C18H20BrN3O5S/c1-26-15-4-2-13(11-18(23)21-17-5-3-14(19)12-20-17)10-16(15)28(24,25)22-6-8-27-9-7-22/h2-5,10,12H,6-9,11H2,1H3,(H,20,21,23). The minimum Gasteiger partial charge on any atom is -0.495 e. The van der Waals surface area contributed by atoms with Crippen molar-refractivity contribution in [2.24, 2.45) is 0 Å². The molecule has 2 heterocycles. The molecule has 8 nitrogen and oxygen atoms in total. The van der Waals surface area contributed by atoms with Crippen LogP contribution in [0.25, 0.3) is 0 Å². The zero-order valence-corrected chi connectivity index (χ0v) is 17.6. The van der Waals surface area contributed by atoms with Gasteiger partial charge in [0, 0.05) is 23.8 Å². The van der Waals surface area contributed by atoms with Crippen molar-refractivity contribution in [2.45, 2.75) is 11.3 Å². The van der Waals surface area contributed by atoms with Gasteiger partial charge in [0.1, 0.15) is 16.5 Å². The lowest BCUT2D eigenvalue weighted by Gasteiger charge is -2.26. The van der Waals surface area contributed by atoms with E-state index in [0.29, 0.717) is 24.6 Å². The summed E-state index contributed by atoms with van der Waals surface area (Å²) in [7, 11) is -2.33. The molecule has 1 aliphatic rings. The number of amides is 1. The second-order valence-corrected chi connectivity index (χ2v) is 8.91. The van der Waals surface area contributed by atoms with Gasteiger partial charge in [0.05, 0.1) is 26.7 Å². The maximum Gasteiger partial charge on any atom is 0.246 e. The molecule has 2 aromatic rings. The third-order valence-corrected chi connectivity index (χ3v) is 6.56. The largest absolute Gasteiger partial charge is 0.495 e. The first-order valence-corrected chi connectivity index (χ1v) is 10.8. The Morgan fingerprint density at radius 3 is 2.68 bits per heavy atom. The van der Waals surface area contributed by atoms with Crippen LogP contribution in [0.4, 0.5) is 5.82 Å². The number of nitrogens with one attached hydrogen (secondary N) is 1. The molecule has 1 fully saturated rings. The summed E-state index contributed by atoms with van der Waals surface area (Å²) in [6, 6.07) is 8.16. The highest BCUT2D eigenvalue weighted by atomic mass is 79.9. The van der Waals surface area contributed by atoms with Crippen molar-refractivity contribution in [2.75, 3.05) is 38.7 Å². The van der Waals surface area contributed by atoms with Crippen LogP contribution in [0.5, 0.6) is 5.75 Å². The predicted molar refractivity (Wildman–Crippen MR) is 107 cm³/mol. The van der Waals surface area contributed by atoms with Gasteiger partial charge >= 0.3 is 0 Å². The van der Waals surface area contributed by atoms with Gasteiger partial charge in [0.2, 0.25) is 15.9 Å². The molecule has 10 heteroatoms. The topological polar surface area (TPSA) is 97.8 Å². The first-order valence-electron chi connectivity index (χ1n) is 8.56. The summed E-state index contributed by atoms with van der Waals surface area (Å²) in [5, 5.41) is 2.69. The number of ether oxygens (including phenoxy) is 2. The van der Waals surface area contributed by atoms with Crippen molar-refractivity contribution in [3.05, 3.63) is 46.6 Å². The average Bonchev–Trinajstić information content (AvgIpc) is 2.70. The lowest BCUT2D eigenvalue weighted by Crippen LogP contribution is -2.40. The van der Waals surface area contributed by atoms with Crippen LogP contribution >= 0.6 is 15.9 Å². The number of halogens is 1. The molecule has 1 saturated heterocycles. The average molecular weight is 470 g/mol. The van der Waals surface area contributed by atoms with E-state index in [1.807, 2.05) is 0 Å². The molecule has 0 unspecified atom stereocenters. The zero-order valence-electron chi connectivity index (χ0n) is 15.2. The number of aromatic nitrogens is 1. The highest BCUT2D eigenvalue weighted by Crippen LogP contribution is 2.28. The molecule has 0 bridgehead atoms. The van der Waals surface area contributed by atoms with E-state index in [-0.39, 0.29) is 36.1 Å². The van der Waals surface area contributed by atoms with Crippen LogP contribution in [0.2, 0.25) is 0 Å². The third kappa shape index (κ3) is 4.88. The molecule has 1 aromatic heterocycles. The van der Waals surface area contributed by atoms with E-state index >= 15 is 0 Å². The number of nitrogens with zero attached hydrogens (tertiary/aromatic N) is 2. The van der Waals surface area contributed by atoms with Gasteiger partial charge < -0.3 is 14.8 Å². The summed E-state index contributed by atoms with van der Waals surface area (Å²) in [4.78, 5) is 16.5. The van der Waals surface area contributed by atoms with Crippen LogP contribution in [0.1, 0.15) is 5.56 Å². The van der Waals surface area contributed by atoms with Crippen LogP contribution in [0.3, 0.4) is 0 Å². The molecular formula is C18H20BrN3O5S. The number of rotatable bonds is 6. The molecule has 1 amide bonds. The van der Waals surface area contributed by atoms with Crippen molar-refractivity contribution in [3.8, 4) is 5.75 Å². The van der Waals surface area contributed by atoms with Gasteiger partial charge in [-0.2, -0.15) is 4.31 Å². The Morgan fingerprint density at radius 1 is 1.29 bits per heavy atom. The highest BCUT2D eigenvalue weighted by Gasteiger charge is 2.29. The molecule has 0 atom stereocenters. The molecule has 0 spiro atoms. The van der Waals surface area contributed by atoms with Gasteiger partial charge in [-0.1, -0.05) is 6.07 Å². The fourth-order valence-corrected chi connectivity index (χ4v) is 4.63. The Hall–Kier alpha value is -2.01. The van der Waals surface area contributed by atoms with Gasteiger partial charge in [-0.15, -0.1) is 0 Å². The van der Waals surface area contributed by atoms with Gasteiger partial charge in [0.15, 0.2) is 0 Å². The fourth-order valence-electron chi connectivity index (χ4n) is 2.78. The predicted octanol–water partition coefficient (Wildman–Crippen LogP) is 2.05. The number of anilines is 1. The minimum absolute atomic E-state index is 0.00731. The van der Waals surface area contributed by atoms with Crippen molar-refractivity contribution in [3.63, 3.8) is 0 Å². The first kappa shape index (κ1) is 20.7.